The van der Waals surface area contributed by atoms with Crippen molar-refractivity contribution in [3.05, 3.63) is 52.0 Å². The zero-order valence-electron chi connectivity index (χ0n) is 14.5. The fourth-order valence-corrected chi connectivity index (χ4v) is 3.70. The normalized spacial score (nSPS) is 20.0. The van der Waals surface area contributed by atoms with Gasteiger partial charge in [-0.05, 0) is 37.7 Å². The third-order valence-electron chi connectivity index (χ3n) is 4.28. The van der Waals surface area contributed by atoms with Crippen molar-refractivity contribution >= 4 is 17.3 Å². The first-order valence-corrected chi connectivity index (χ1v) is 9.56. The van der Waals surface area contributed by atoms with E-state index in [1.54, 1.807) is 11.3 Å². The van der Waals surface area contributed by atoms with E-state index in [2.05, 4.69) is 59.8 Å². The number of hydrogen-bond donors (Lipinski definition) is 2. The maximum Gasteiger partial charge on any atom is 0.191 e. The molecule has 1 aliphatic rings. The van der Waals surface area contributed by atoms with Crippen LogP contribution in [0, 0.1) is 12.8 Å². The molecule has 0 aliphatic heterocycles. The minimum Gasteiger partial charge on any atom is -0.357 e. The van der Waals surface area contributed by atoms with Crippen molar-refractivity contribution < 1.29 is 0 Å². The molecule has 0 spiro atoms. The Morgan fingerprint density at radius 3 is 2.83 bits per heavy atom. The molecule has 1 heterocycles. The third-order valence-corrected chi connectivity index (χ3v) is 5.25. The molecule has 4 nitrogen and oxygen atoms in total. The number of nitrogens with zero attached hydrogens (tertiary/aromatic N) is 2. The molecule has 0 radical (unpaired) electrons. The number of thiazole rings is 1. The Labute approximate surface area is 148 Å². The standard InChI is InChI=1S/C19H26N4S/c1-3-20-19(21-10-9-18-22-12-14(2)24-18)23-13-16-11-17(16)15-7-5-4-6-8-15/h4-8,12,16-17H,3,9-11,13H2,1-2H3,(H2,20,21,23). The van der Waals surface area contributed by atoms with Gasteiger partial charge in [-0.1, -0.05) is 30.3 Å². The van der Waals surface area contributed by atoms with Crippen molar-refractivity contribution in [2.45, 2.75) is 32.6 Å². The van der Waals surface area contributed by atoms with Crippen molar-refractivity contribution in [2.75, 3.05) is 19.6 Å². The maximum absolute atomic E-state index is 4.77. The van der Waals surface area contributed by atoms with Crippen LogP contribution in [0.4, 0.5) is 0 Å². The Morgan fingerprint density at radius 1 is 1.29 bits per heavy atom. The number of guanidine groups is 1. The Kier molecular flexibility index (Phi) is 5.86. The first-order chi connectivity index (χ1) is 11.8. The van der Waals surface area contributed by atoms with Crippen LogP contribution in [0.25, 0.3) is 0 Å². The second-order valence-electron chi connectivity index (χ2n) is 6.27. The van der Waals surface area contributed by atoms with Crippen LogP contribution in [0.5, 0.6) is 0 Å². The van der Waals surface area contributed by atoms with Gasteiger partial charge in [0.15, 0.2) is 5.96 Å². The highest BCUT2D eigenvalue weighted by atomic mass is 32.1. The molecule has 2 unspecified atom stereocenters. The molecule has 0 amide bonds. The van der Waals surface area contributed by atoms with Crippen molar-refractivity contribution in [3.63, 3.8) is 0 Å². The first kappa shape index (κ1) is 17.0. The average molecular weight is 343 g/mol. The minimum absolute atomic E-state index is 0.685. The molecule has 3 rings (SSSR count). The summed E-state index contributed by atoms with van der Waals surface area (Å²) in [7, 11) is 0. The van der Waals surface area contributed by atoms with Crippen molar-refractivity contribution in [1.82, 2.24) is 15.6 Å². The monoisotopic (exact) mass is 342 g/mol. The lowest BCUT2D eigenvalue weighted by Gasteiger charge is -2.10. The highest BCUT2D eigenvalue weighted by molar-refractivity contribution is 7.11. The molecule has 1 fully saturated rings. The summed E-state index contributed by atoms with van der Waals surface area (Å²) in [6, 6.07) is 10.8. The summed E-state index contributed by atoms with van der Waals surface area (Å²) < 4.78 is 0. The van der Waals surface area contributed by atoms with E-state index in [1.807, 2.05) is 6.20 Å². The lowest BCUT2D eigenvalue weighted by atomic mass is 10.1. The SMILES string of the molecule is CCNC(=NCC1CC1c1ccccc1)NCCc1ncc(C)s1. The average Bonchev–Trinajstić information content (AvgIpc) is 3.27. The highest BCUT2D eigenvalue weighted by Crippen LogP contribution is 2.47. The van der Waals surface area contributed by atoms with Gasteiger partial charge >= 0.3 is 0 Å². The zero-order chi connectivity index (χ0) is 16.8. The van der Waals surface area contributed by atoms with Crippen LogP contribution in [0.15, 0.2) is 41.5 Å². The van der Waals surface area contributed by atoms with Crippen LogP contribution in [-0.2, 0) is 6.42 Å². The van der Waals surface area contributed by atoms with E-state index < -0.39 is 0 Å². The number of benzene rings is 1. The molecule has 1 aliphatic carbocycles. The lowest BCUT2D eigenvalue weighted by Crippen LogP contribution is -2.38. The van der Waals surface area contributed by atoms with E-state index in [4.69, 9.17) is 4.99 Å². The predicted octanol–water partition coefficient (Wildman–Crippen LogP) is 3.35. The number of rotatable bonds is 7. The number of aryl methyl sites for hydroxylation is 1. The van der Waals surface area contributed by atoms with Crippen LogP contribution < -0.4 is 10.6 Å². The third kappa shape index (κ3) is 4.81. The lowest BCUT2D eigenvalue weighted by molar-refractivity contribution is 0.763. The molecule has 128 valence electrons. The summed E-state index contributed by atoms with van der Waals surface area (Å²) >= 11 is 1.77. The van der Waals surface area contributed by atoms with Crippen molar-refractivity contribution in [2.24, 2.45) is 10.9 Å². The topological polar surface area (TPSA) is 49.3 Å². The Balaban J connectivity index is 1.45. The molecule has 0 saturated heterocycles. The molecule has 1 saturated carbocycles. The molecular formula is C19H26N4S. The first-order valence-electron chi connectivity index (χ1n) is 8.74. The molecule has 2 atom stereocenters. The zero-order valence-corrected chi connectivity index (χ0v) is 15.3. The Morgan fingerprint density at radius 2 is 2.12 bits per heavy atom. The molecule has 24 heavy (non-hydrogen) atoms. The van der Waals surface area contributed by atoms with Gasteiger partial charge in [-0.3, -0.25) is 4.99 Å². The number of hydrogen-bond acceptors (Lipinski definition) is 3. The summed E-state index contributed by atoms with van der Waals surface area (Å²) in [4.78, 5) is 10.4. The van der Waals surface area contributed by atoms with E-state index in [0.717, 1.165) is 32.0 Å². The fraction of sp³-hybridized carbons (Fsp3) is 0.474. The van der Waals surface area contributed by atoms with Gasteiger partial charge in [0.1, 0.15) is 0 Å². The van der Waals surface area contributed by atoms with Crippen molar-refractivity contribution in [3.8, 4) is 0 Å². The van der Waals surface area contributed by atoms with E-state index in [0.29, 0.717) is 11.8 Å². The van der Waals surface area contributed by atoms with Crippen LogP contribution >= 0.6 is 11.3 Å². The smallest absolute Gasteiger partial charge is 0.191 e. The molecule has 1 aromatic heterocycles. The van der Waals surface area contributed by atoms with Gasteiger partial charge in [0.05, 0.1) is 5.01 Å². The van der Waals surface area contributed by atoms with Crippen LogP contribution in [-0.4, -0.2) is 30.6 Å². The van der Waals surface area contributed by atoms with E-state index in [-0.39, 0.29) is 0 Å². The number of aromatic nitrogens is 1. The highest BCUT2D eigenvalue weighted by Gasteiger charge is 2.37. The number of aliphatic imine (C=N–C) groups is 1. The summed E-state index contributed by atoms with van der Waals surface area (Å²) in [6.45, 7) is 6.84. The van der Waals surface area contributed by atoms with Crippen molar-refractivity contribution in [1.29, 1.82) is 0 Å². The van der Waals surface area contributed by atoms with Gasteiger partial charge in [-0.2, -0.15) is 0 Å². The second kappa shape index (κ2) is 8.29. The van der Waals surface area contributed by atoms with E-state index in [1.165, 1.54) is 21.9 Å². The van der Waals surface area contributed by atoms with Crippen LogP contribution in [0.3, 0.4) is 0 Å². The minimum atomic E-state index is 0.685. The van der Waals surface area contributed by atoms with E-state index in [9.17, 15) is 0 Å². The summed E-state index contributed by atoms with van der Waals surface area (Å²) in [6.07, 6.45) is 4.14. The predicted molar refractivity (Wildman–Crippen MR) is 102 cm³/mol. The van der Waals surface area contributed by atoms with Gasteiger partial charge in [-0.15, -0.1) is 11.3 Å². The van der Waals surface area contributed by atoms with Gasteiger partial charge in [0.2, 0.25) is 0 Å². The molecule has 2 aromatic rings. The van der Waals surface area contributed by atoms with Gasteiger partial charge in [0.25, 0.3) is 0 Å². The summed E-state index contributed by atoms with van der Waals surface area (Å²) in [5, 5.41) is 7.94. The Bertz CT molecular complexity index is 665. The molecule has 1 aromatic carbocycles. The van der Waals surface area contributed by atoms with Crippen LogP contribution in [0.1, 0.15) is 34.7 Å². The Hall–Kier alpha value is -1.88. The quantitative estimate of drug-likeness (QED) is 0.599. The van der Waals surface area contributed by atoms with Crippen LogP contribution in [0.2, 0.25) is 0 Å². The second-order valence-corrected chi connectivity index (χ2v) is 7.59. The maximum atomic E-state index is 4.77. The van der Waals surface area contributed by atoms with E-state index >= 15 is 0 Å². The molecule has 0 bridgehead atoms. The fourth-order valence-electron chi connectivity index (χ4n) is 2.91. The summed E-state index contributed by atoms with van der Waals surface area (Å²) in [5.41, 5.74) is 1.45. The molecule has 2 N–H and O–H groups in total. The van der Waals surface area contributed by atoms with Gasteiger partial charge < -0.3 is 10.6 Å². The summed E-state index contributed by atoms with van der Waals surface area (Å²) in [5.74, 6) is 2.30. The molecule has 5 heteroatoms. The molecular weight excluding hydrogens is 316 g/mol. The van der Waals surface area contributed by atoms with Gasteiger partial charge in [0, 0.05) is 37.1 Å². The number of nitrogens with one attached hydrogen (secondary N) is 2. The largest absolute Gasteiger partial charge is 0.357 e. The van der Waals surface area contributed by atoms with Gasteiger partial charge in [-0.25, -0.2) is 4.98 Å².